The van der Waals surface area contributed by atoms with Gasteiger partial charge in [-0.1, -0.05) is 23.3 Å². The zero-order chi connectivity index (χ0) is 12.2. The number of rotatable bonds is 1. The van der Waals surface area contributed by atoms with Crippen molar-refractivity contribution >= 4 is 0 Å². The third kappa shape index (κ3) is 4.52. The first-order chi connectivity index (χ1) is 7.39. The van der Waals surface area contributed by atoms with Gasteiger partial charge < -0.3 is 5.11 Å². The van der Waals surface area contributed by atoms with Gasteiger partial charge in [-0.25, -0.2) is 0 Å². The Labute approximate surface area is 100 Å². The Hall–Kier alpha value is -0.560. The Bertz CT molecular complexity index is 278. The summed E-state index contributed by atoms with van der Waals surface area (Å²) in [4.78, 5) is 0. The molecule has 0 spiro atoms. The zero-order valence-corrected chi connectivity index (χ0v) is 11.2. The van der Waals surface area contributed by atoms with Gasteiger partial charge in [0.15, 0.2) is 0 Å². The summed E-state index contributed by atoms with van der Waals surface area (Å²) in [5.74, 6) is 0.379. The molecular weight excluding hydrogens is 196 g/mol. The van der Waals surface area contributed by atoms with E-state index in [1.165, 1.54) is 17.6 Å². The highest BCUT2D eigenvalue weighted by atomic mass is 16.3. The molecule has 0 radical (unpaired) electrons. The van der Waals surface area contributed by atoms with Crippen molar-refractivity contribution in [3.63, 3.8) is 0 Å². The highest BCUT2D eigenvalue weighted by molar-refractivity contribution is 5.06. The summed E-state index contributed by atoms with van der Waals surface area (Å²) in [5, 5.41) is 10.1. The third-order valence-corrected chi connectivity index (χ3v) is 3.67. The molecule has 16 heavy (non-hydrogen) atoms. The van der Waals surface area contributed by atoms with Gasteiger partial charge in [-0.15, -0.1) is 0 Å². The number of aliphatic hydroxyl groups is 1. The molecule has 0 amide bonds. The number of hydrogen-bond acceptors (Lipinski definition) is 1. The van der Waals surface area contributed by atoms with E-state index in [-0.39, 0.29) is 0 Å². The largest absolute Gasteiger partial charge is 0.390 e. The molecule has 1 N–H and O–H groups in total. The van der Waals surface area contributed by atoms with Crippen molar-refractivity contribution in [2.45, 2.75) is 65.4 Å². The van der Waals surface area contributed by atoms with Gasteiger partial charge >= 0.3 is 0 Å². The average molecular weight is 222 g/mol. The van der Waals surface area contributed by atoms with E-state index in [0.29, 0.717) is 5.92 Å². The van der Waals surface area contributed by atoms with E-state index in [9.17, 15) is 5.11 Å². The monoisotopic (exact) mass is 222 g/mol. The molecule has 0 fully saturated rings. The first-order valence-electron chi connectivity index (χ1n) is 6.43. The van der Waals surface area contributed by atoms with Gasteiger partial charge in [-0.2, -0.15) is 0 Å². The molecule has 1 atom stereocenters. The first-order valence-corrected chi connectivity index (χ1v) is 6.43. The van der Waals surface area contributed by atoms with E-state index >= 15 is 0 Å². The van der Waals surface area contributed by atoms with Crippen molar-refractivity contribution in [3.05, 3.63) is 23.3 Å². The molecule has 0 aromatic rings. The van der Waals surface area contributed by atoms with Crippen LogP contribution in [0.2, 0.25) is 0 Å². The molecule has 0 aromatic carbocycles. The second-order valence-corrected chi connectivity index (χ2v) is 5.76. The summed E-state index contributed by atoms with van der Waals surface area (Å²) in [6, 6.07) is 0. The van der Waals surface area contributed by atoms with Crippen LogP contribution < -0.4 is 0 Å². The molecule has 1 nitrogen and oxygen atoms in total. The van der Waals surface area contributed by atoms with Crippen molar-refractivity contribution < 1.29 is 5.11 Å². The van der Waals surface area contributed by atoms with E-state index in [0.717, 1.165) is 25.7 Å². The Morgan fingerprint density at radius 2 is 1.75 bits per heavy atom. The lowest BCUT2D eigenvalue weighted by Gasteiger charge is -2.29. The Balaban J connectivity index is 2.75. The molecule has 1 aliphatic carbocycles. The first kappa shape index (κ1) is 13.5. The fraction of sp³-hybridized carbons (Fsp3) is 0.733. The van der Waals surface area contributed by atoms with Crippen LogP contribution in [0.1, 0.15) is 59.8 Å². The van der Waals surface area contributed by atoms with Crippen LogP contribution in [0.5, 0.6) is 0 Å². The van der Waals surface area contributed by atoms with Crippen LogP contribution in [0.3, 0.4) is 0 Å². The van der Waals surface area contributed by atoms with E-state index < -0.39 is 5.60 Å². The Morgan fingerprint density at radius 1 is 1.12 bits per heavy atom. The summed E-state index contributed by atoms with van der Waals surface area (Å²) in [5.41, 5.74) is 2.38. The lowest BCUT2D eigenvalue weighted by Crippen LogP contribution is -2.30. The van der Waals surface area contributed by atoms with E-state index in [2.05, 4.69) is 26.0 Å². The van der Waals surface area contributed by atoms with Gasteiger partial charge in [0.05, 0.1) is 5.60 Å². The SMILES string of the molecule is C/C1=C/C[C@@H](C(C)(C)O)CC/C(C)=C\CC1. The highest BCUT2D eigenvalue weighted by Gasteiger charge is 2.25. The summed E-state index contributed by atoms with van der Waals surface area (Å²) >= 11 is 0. The van der Waals surface area contributed by atoms with Gasteiger partial charge in [-0.3, -0.25) is 0 Å². The molecule has 0 bridgehead atoms. The second-order valence-electron chi connectivity index (χ2n) is 5.76. The van der Waals surface area contributed by atoms with E-state index in [4.69, 9.17) is 0 Å². The quantitative estimate of drug-likeness (QED) is 0.658. The van der Waals surface area contributed by atoms with Crippen molar-refractivity contribution in [1.82, 2.24) is 0 Å². The predicted octanol–water partition coefficient (Wildman–Crippen LogP) is 4.23. The highest BCUT2D eigenvalue weighted by Crippen LogP contribution is 2.29. The van der Waals surface area contributed by atoms with Gasteiger partial charge in [0, 0.05) is 0 Å². The van der Waals surface area contributed by atoms with Crippen LogP contribution in [-0.2, 0) is 0 Å². The minimum atomic E-state index is -0.559. The van der Waals surface area contributed by atoms with Crippen LogP contribution in [0.15, 0.2) is 23.3 Å². The minimum Gasteiger partial charge on any atom is -0.390 e. The molecule has 92 valence electrons. The molecule has 0 saturated carbocycles. The van der Waals surface area contributed by atoms with Crippen LogP contribution in [0, 0.1) is 5.92 Å². The molecular formula is C15H26O. The summed E-state index contributed by atoms with van der Waals surface area (Å²) in [6.45, 7) is 8.28. The lowest BCUT2D eigenvalue weighted by molar-refractivity contribution is 0.0145. The van der Waals surface area contributed by atoms with E-state index in [1.54, 1.807) is 0 Å². The molecule has 1 rings (SSSR count). The van der Waals surface area contributed by atoms with Crippen molar-refractivity contribution in [2.75, 3.05) is 0 Å². The Kier molecular flexibility index (Phi) is 4.79. The maximum atomic E-state index is 10.1. The standard InChI is InChI=1S/C15H26O/c1-12-6-5-7-13(2)9-11-14(10-8-12)15(3,4)16/h6,9,14,16H,5,7-8,10-11H2,1-4H3/b12-6-,13-9-/t14-/m0/s1. The topological polar surface area (TPSA) is 20.2 Å². The van der Waals surface area contributed by atoms with Crippen molar-refractivity contribution in [3.8, 4) is 0 Å². The smallest absolute Gasteiger partial charge is 0.0622 e. The fourth-order valence-electron chi connectivity index (χ4n) is 2.26. The van der Waals surface area contributed by atoms with Gasteiger partial charge in [0.25, 0.3) is 0 Å². The van der Waals surface area contributed by atoms with Crippen molar-refractivity contribution in [2.24, 2.45) is 5.92 Å². The van der Waals surface area contributed by atoms with Crippen LogP contribution in [0.25, 0.3) is 0 Å². The van der Waals surface area contributed by atoms with Crippen molar-refractivity contribution in [1.29, 1.82) is 0 Å². The van der Waals surface area contributed by atoms with Gasteiger partial charge in [0.1, 0.15) is 0 Å². The molecule has 1 aliphatic rings. The predicted molar refractivity (Wildman–Crippen MR) is 70.4 cm³/mol. The molecule has 0 aromatic heterocycles. The molecule has 0 heterocycles. The molecule has 0 aliphatic heterocycles. The van der Waals surface area contributed by atoms with E-state index in [1.807, 2.05) is 13.8 Å². The molecule has 1 heteroatoms. The fourth-order valence-corrected chi connectivity index (χ4v) is 2.26. The summed E-state index contributed by atoms with van der Waals surface area (Å²) in [6.07, 6.45) is 10.2. The number of allylic oxidation sites excluding steroid dienone is 4. The zero-order valence-electron chi connectivity index (χ0n) is 11.2. The van der Waals surface area contributed by atoms with Crippen LogP contribution in [-0.4, -0.2) is 10.7 Å². The third-order valence-electron chi connectivity index (χ3n) is 3.67. The molecule has 0 saturated heterocycles. The van der Waals surface area contributed by atoms with Crippen LogP contribution in [0.4, 0.5) is 0 Å². The maximum absolute atomic E-state index is 10.1. The number of hydrogen-bond donors (Lipinski definition) is 1. The van der Waals surface area contributed by atoms with Crippen LogP contribution >= 0.6 is 0 Å². The maximum Gasteiger partial charge on any atom is 0.0622 e. The average Bonchev–Trinajstić information content (AvgIpc) is 2.15. The van der Waals surface area contributed by atoms with Gasteiger partial charge in [-0.05, 0) is 65.7 Å². The van der Waals surface area contributed by atoms with Gasteiger partial charge in [0.2, 0.25) is 0 Å². The second kappa shape index (κ2) is 5.67. The molecule has 0 unspecified atom stereocenters. The summed E-state index contributed by atoms with van der Waals surface area (Å²) < 4.78 is 0. The minimum absolute atomic E-state index is 0.379. The Morgan fingerprint density at radius 3 is 2.38 bits per heavy atom. The normalized spacial score (nSPS) is 31.2. The summed E-state index contributed by atoms with van der Waals surface area (Å²) in [7, 11) is 0. The lowest BCUT2D eigenvalue weighted by atomic mass is 9.82.